The maximum atomic E-state index is 11.9. The quantitative estimate of drug-likeness (QED) is 0.622. The van der Waals surface area contributed by atoms with E-state index in [0.717, 1.165) is 32.1 Å². The standard InChI is InChI=1S/C14H24O4/c1-10(11(15)16)12(17)18-14(13(2,3)4)8-6-5-7-9-14/h10H,5-9H2,1-4H3,(H,15,16). The van der Waals surface area contributed by atoms with E-state index >= 15 is 0 Å². The molecule has 0 aliphatic heterocycles. The van der Waals surface area contributed by atoms with Crippen LogP contribution in [0, 0.1) is 11.3 Å². The molecule has 0 saturated heterocycles. The van der Waals surface area contributed by atoms with Gasteiger partial charge >= 0.3 is 11.9 Å². The number of carboxylic acids is 1. The Bertz CT molecular complexity index is 321. The molecule has 1 unspecified atom stereocenters. The highest BCUT2D eigenvalue weighted by molar-refractivity contribution is 5.93. The summed E-state index contributed by atoms with van der Waals surface area (Å²) < 4.78 is 5.65. The molecule has 4 nitrogen and oxygen atoms in total. The van der Waals surface area contributed by atoms with Crippen molar-refractivity contribution in [3.8, 4) is 0 Å². The topological polar surface area (TPSA) is 63.6 Å². The molecule has 0 aromatic rings. The zero-order chi connectivity index (χ0) is 14.0. The molecule has 0 bridgehead atoms. The molecule has 1 N–H and O–H groups in total. The number of rotatable bonds is 3. The second-order valence-corrected chi connectivity index (χ2v) is 6.29. The summed E-state index contributed by atoms with van der Waals surface area (Å²) in [6.45, 7) is 7.54. The van der Waals surface area contributed by atoms with Gasteiger partial charge in [-0.25, -0.2) is 0 Å². The van der Waals surface area contributed by atoms with Crippen molar-refractivity contribution >= 4 is 11.9 Å². The minimum atomic E-state index is -1.13. The van der Waals surface area contributed by atoms with E-state index in [1.807, 2.05) is 0 Å². The average Bonchev–Trinajstić information content (AvgIpc) is 2.27. The minimum Gasteiger partial charge on any atom is -0.481 e. The van der Waals surface area contributed by atoms with Crippen LogP contribution in [0.3, 0.4) is 0 Å². The van der Waals surface area contributed by atoms with Crippen LogP contribution in [0.25, 0.3) is 0 Å². The van der Waals surface area contributed by atoms with Gasteiger partial charge in [-0.3, -0.25) is 9.59 Å². The smallest absolute Gasteiger partial charge is 0.320 e. The van der Waals surface area contributed by atoms with Crippen molar-refractivity contribution in [1.29, 1.82) is 0 Å². The van der Waals surface area contributed by atoms with Crippen molar-refractivity contribution in [2.24, 2.45) is 11.3 Å². The van der Waals surface area contributed by atoms with E-state index in [9.17, 15) is 9.59 Å². The summed E-state index contributed by atoms with van der Waals surface area (Å²) in [6, 6.07) is 0. The number of hydrogen-bond donors (Lipinski definition) is 1. The molecule has 1 saturated carbocycles. The van der Waals surface area contributed by atoms with Gasteiger partial charge in [0.2, 0.25) is 0 Å². The van der Waals surface area contributed by atoms with Crippen LogP contribution < -0.4 is 0 Å². The monoisotopic (exact) mass is 256 g/mol. The molecule has 1 aliphatic carbocycles. The lowest BCUT2D eigenvalue weighted by atomic mass is 9.68. The van der Waals surface area contributed by atoms with E-state index in [0.29, 0.717) is 0 Å². The molecule has 0 amide bonds. The van der Waals surface area contributed by atoms with Gasteiger partial charge in [0.25, 0.3) is 0 Å². The first-order valence-electron chi connectivity index (χ1n) is 6.65. The molecule has 0 aromatic heterocycles. The number of carbonyl (C=O) groups is 2. The summed E-state index contributed by atoms with van der Waals surface area (Å²) in [4.78, 5) is 22.7. The molecule has 18 heavy (non-hydrogen) atoms. The van der Waals surface area contributed by atoms with E-state index in [1.54, 1.807) is 0 Å². The predicted molar refractivity (Wildman–Crippen MR) is 68.2 cm³/mol. The van der Waals surface area contributed by atoms with Crippen LogP contribution in [0.15, 0.2) is 0 Å². The highest BCUT2D eigenvalue weighted by Crippen LogP contribution is 2.45. The summed E-state index contributed by atoms with van der Waals surface area (Å²) in [5.41, 5.74) is -0.673. The highest BCUT2D eigenvalue weighted by atomic mass is 16.6. The number of aliphatic carboxylic acids is 1. The van der Waals surface area contributed by atoms with Crippen LogP contribution >= 0.6 is 0 Å². The van der Waals surface area contributed by atoms with E-state index in [4.69, 9.17) is 9.84 Å². The Morgan fingerprint density at radius 2 is 1.67 bits per heavy atom. The van der Waals surface area contributed by atoms with Gasteiger partial charge in [0.15, 0.2) is 5.92 Å². The fourth-order valence-corrected chi connectivity index (χ4v) is 2.51. The SMILES string of the molecule is CC(C(=O)O)C(=O)OC1(C(C)(C)C)CCCCC1. The first-order valence-corrected chi connectivity index (χ1v) is 6.65. The van der Waals surface area contributed by atoms with Gasteiger partial charge in [-0.15, -0.1) is 0 Å². The molecule has 1 fully saturated rings. The molecule has 104 valence electrons. The molecular weight excluding hydrogens is 232 g/mol. The van der Waals surface area contributed by atoms with E-state index in [-0.39, 0.29) is 5.41 Å². The third-order valence-corrected chi connectivity index (χ3v) is 4.05. The Balaban J connectivity index is 2.86. The van der Waals surface area contributed by atoms with Crippen LogP contribution in [0.2, 0.25) is 0 Å². The normalized spacial score (nSPS) is 21.1. The van der Waals surface area contributed by atoms with Crippen molar-refractivity contribution in [3.05, 3.63) is 0 Å². The maximum absolute atomic E-state index is 11.9. The van der Waals surface area contributed by atoms with E-state index < -0.39 is 23.5 Å². The van der Waals surface area contributed by atoms with Gasteiger partial charge in [-0.2, -0.15) is 0 Å². The van der Waals surface area contributed by atoms with Crippen LogP contribution in [-0.2, 0) is 14.3 Å². The van der Waals surface area contributed by atoms with Crippen LogP contribution in [0.1, 0.15) is 59.8 Å². The van der Waals surface area contributed by atoms with Gasteiger partial charge < -0.3 is 9.84 Å². The first kappa shape index (κ1) is 15.0. The van der Waals surface area contributed by atoms with Crippen LogP contribution in [0.5, 0.6) is 0 Å². The lowest BCUT2D eigenvalue weighted by Gasteiger charge is -2.46. The Labute approximate surface area is 109 Å². The van der Waals surface area contributed by atoms with Gasteiger partial charge in [0.05, 0.1) is 0 Å². The number of carbonyl (C=O) groups excluding carboxylic acids is 1. The number of ether oxygens (including phenoxy) is 1. The van der Waals surface area contributed by atoms with Crippen molar-refractivity contribution < 1.29 is 19.4 Å². The fourth-order valence-electron chi connectivity index (χ4n) is 2.51. The molecule has 4 heteroatoms. The lowest BCUT2D eigenvalue weighted by molar-refractivity contribution is -0.186. The minimum absolute atomic E-state index is 0.165. The number of hydrogen-bond acceptors (Lipinski definition) is 3. The second kappa shape index (κ2) is 5.29. The summed E-state index contributed by atoms with van der Waals surface area (Å²) in [5.74, 6) is -2.83. The van der Waals surface area contributed by atoms with Gasteiger partial charge in [0, 0.05) is 5.41 Å². The van der Waals surface area contributed by atoms with Crippen molar-refractivity contribution in [1.82, 2.24) is 0 Å². The van der Waals surface area contributed by atoms with Crippen LogP contribution in [-0.4, -0.2) is 22.6 Å². The average molecular weight is 256 g/mol. The largest absolute Gasteiger partial charge is 0.481 e. The Morgan fingerprint density at radius 1 is 1.17 bits per heavy atom. The third-order valence-electron chi connectivity index (χ3n) is 4.05. The molecule has 1 aliphatic rings. The van der Waals surface area contributed by atoms with E-state index in [1.165, 1.54) is 6.92 Å². The van der Waals surface area contributed by atoms with Crippen LogP contribution in [0.4, 0.5) is 0 Å². The number of esters is 1. The third kappa shape index (κ3) is 3.03. The van der Waals surface area contributed by atoms with Crippen molar-refractivity contribution in [2.45, 2.75) is 65.4 Å². The van der Waals surface area contributed by atoms with E-state index in [2.05, 4.69) is 20.8 Å². The summed E-state index contributed by atoms with van der Waals surface area (Å²) in [7, 11) is 0. The zero-order valence-corrected chi connectivity index (χ0v) is 11.8. The predicted octanol–water partition coefficient (Wildman–Crippen LogP) is 3.00. The van der Waals surface area contributed by atoms with Crippen molar-refractivity contribution in [3.63, 3.8) is 0 Å². The fraction of sp³-hybridized carbons (Fsp3) is 0.857. The summed E-state index contributed by atoms with van der Waals surface area (Å²) in [6.07, 6.45) is 4.88. The van der Waals surface area contributed by atoms with Crippen molar-refractivity contribution in [2.75, 3.05) is 0 Å². The van der Waals surface area contributed by atoms with Gasteiger partial charge in [-0.1, -0.05) is 27.2 Å². The molecule has 0 radical (unpaired) electrons. The first-order chi connectivity index (χ1) is 8.19. The van der Waals surface area contributed by atoms with Gasteiger partial charge in [-0.05, 0) is 32.6 Å². The molecule has 0 aromatic carbocycles. The molecule has 1 rings (SSSR count). The Kier molecular flexibility index (Phi) is 4.41. The molecule has 0 spiro atoms. The molecule has 1 atom stereocenters. The molecule has 0 heterocycles. The highest BCUT2D eigenvalue weighted by Gasteiger charge is 2.47. The van der Waals surface area contributed by atoms with Gasteiger partial charge in [0.1, 0.15) is 5.60 Å². The lowest BCUT2D eigenvalue weighted by Crippen LogP contribution is -2.49. The maximum Gasteiger partial charge on any atom is 0.320 e. The molecular formula is C14H24O4. The zero-order valence-electron chi connectivity index (χ0n) is 11.8. The Hall–Kier alpha value is -1.06. The second-order valence-electron chi connectivity index (χ2n) is 6.29. The Morgan fingerprint density at radius 3 is 2.06 bits per heavy atom. The number of carboxylic acid groups (broad SMARTS) is 1. The summed E-state index contributed by atoms with van der Waals surface area (Å²) in [5, 5.41) is 8.87. The summed E-state index contributed by atoms with van der Waals surface area (Å²) >= 11 is 0.